The molecule has 2 aromatic carbocycles. The van der Waals surface area contributed by atoms with Crippen LogP contribution in [0.2, 0.25) is 0 Å². The number of amides is 1. The normalized spacial score (nSPS) is 11.2. The molecule has 0 fully saturated rings. The lowest BCUT2D eigenvalue weighted by molar-refractivity contribution is 0.0960. The predicted molar refractivity (Wildman–Crippen MR) is 126 cm³/mol. The van der Waals surface area contributed by atoms with Crippen LogP contribution in [0.5, 0.6) is 5.75 Å². The molecule has 5 rings (SSSR count). The Morgan fingerprint density at radius 3 is 2.84 bits per heavy atom. The quantitative estimate of drug-likeness (QED) is 0.322. The summed E-state index contributed by atoms with van der Waals surface area (Å²) >= 11 is 1.48. The molecule has 0 aliphatic heterocycles. The van der Waals surface area contributed by atoms with Crippen LogP contribution in [0.25, 0.3) is 21.2 Å². The number of thiazole rings is 1. The maximum absolute atomic E-state index is 13.7. The Hall–Kier alpha value is -3.71. The zero-order valence-corrected chi connectivity index (χ0v) is 18.6. The Bertz CT molecular complexity index is 1410. The van der Waals surface area contributed by atoms with Gasteiger partial charge < -0.3 is 9.15 Å². The number of hydrogen-bond donors (Lipinski definition) is 0. The number of aromatic nitrogens is 2. The molecule has 0 N–H and O–H groups in total. The third kappa shape index (κ3) is 3.83. The van der Waals surface area contributed by atoms with E-state index < -0.39 is 0 Å². The number of para-hydroxylation sites is 1. The molecule has 0 bridgehead atoms. The summed E-state index contributed by atoms with van der Waals surface area (Å²) in [5.41, 5.74) is 3.34. The summed E-state index contributed by atoms with van der Waals surface area (Å²) in [5.74, 6) is 0.583. The van der Waals surface area contributed by atoms with Crippen LogP contribution in [-0.4, -0.2) is 22.5 Å². The lowest BCUT2D eigenvalue weighted by Gasteiger charge is -2.18. The maximum atomic E-state index is 13.7. The fraction of sp³-hybridized carbons (Fsp3) is 0.160. The summed E-state index contributed by atoms with van der Waals surface area (Å²) in [4.78, 5) is 24.4. The van der Waals surface area contributed by atoms with E-state index in [9.17, 15) is 4.79 Å². The molecule has 1 amide bonds. The first-order valence-corrected chi connectivity index (χ1v) is 11.2. The number of carbonyl (C=O) groups is 1. The lowest BCUT2D eigenvalue weighted by Crippen LogP contribution is -2.30. The van der Waals surface area contributed by atoms with Crippen molar-refractivity contribution in [2.75, 3.05) is 11.5 Å². The van der Waals surface area contributed by atoms with Crippen LogP contribution in [0.4, 0.5) is 5.13 Å². The van der Waals surface area contributed by atoms with Gasteiger partial charge in [0.15, 0.2) is 22.2 Å². The van der Waals surface area contributed by atoms with Crippen molar-refractivity contribution >= 4 is 43.6 Å². The van der Waals surface area contributed by atoms with Gasteiger partial charge in [-0.1, -0.05) is 35.6 Å². The molecule has 0 atom stereocenters. The first-order valence-electron chi connectivity index (χ1n) is 10.4. The summed E-state index contributed by atoms with van der Waals surface area (Å²) in [6.45, 7) is 4.76. The van der Waals surface area contributed by atoms with Gasteiger partial charge in [0.1, 0.15) is 0 Å². The smallest absolute Gasteiger partial charge is 0.296 e. The minimum Gasteiger partial charge on any atom is -0.490 e. The number of carbonyl (C=O) groups excluding carboxylic acids is 1. The van der Waals surface area contributed by atoms with Gasteiger partial charge >= 0.3 is 0 Å². The number of anilines is 1. The highest BCUT2D eigenvalue weighted by molar-refractivity contribution is 7.22. The number of aryl methyl sites for hydroxylation is 1. The van der Waals surface area contributed by atoms with E-state index >= 15 is 0 Å². The molecule has 6 nitrogen and oxygen atoms in total. The van der Waals surface area contributed by atoms with Crippen LogP contribution in [0.1, 0.15) is 28.7 Å². The Balaban J connectivity index is 1.58. The van der Waals surface area contributed by atoms with Crippen LogP contribution in [0.3, 0.4) is 0 Å². The SMILES string of the molecule is CCOc1cccc2cc(C(=O)N(Cc3ccccn3)c3nc4ccc(C)cc4s3)oc12. The van der Waals surface area contributed by atoms with Gasteiger partial charge in [-0.05, 0) is 55.8 Å². The zero-order valence-electron chi connectivity index (χ0n) is 17.7. The van der Waals surface area contributed by atoms with Crippen molar-refractivity contribution in [2.24, 2.45) is 0 Å². The number of nitrogens with zero attached hydrogens (tertiary/aromatic N) is 3. The lowest BCUT2D eigenvalue weighted by atomic mass is 10.2. The molecule has 0 radical (unpaired) electrons. The third-order valence-electron chi connectivity index (χ3n) is 5.07. The van der Waals surface area contributed by atoms with Gasteiger partial charge in [-0.25, -0.2) is 4.98 Å². The second-order valence-electron chi connectivity index (χ2n) is 7.40. The molecule has 0 aliphatic carbocycles. The van der Waals surface area contributed by atoms with Crippen molar-refractivity contribution < 1.29 is 13.9 Å². The number of pyridine rings is 1. The van der Waals surface area contributed by atoms with Crippen LogP contribution in [0, 0.1) is 6.92 Å². The molecule has 160 valence electrons. The van der Waals surface area contributed by atoms with Crippen molar-refractivity contribution in [1.82, 2.24) is 9.97 Å². The number of hydrogen-bond acceptors (Lipinski definition) is 6. The highest BCUT2D eigenvalue weighted by Crippen LogP contribution is 2.33. The van der Waals surface area contributed by atoms with Crippen LogP contribution in [0.15, 0.2) is 71.3 Å². The van der Waals surface area contributed by atoms with Crippen molar-refractivity contribution in [2.45, 2.75) is 20.4 Å². The van der Waals surface area contributed by atoms with Crippen LogP contribution < -0.4 is 9.64 Å². The first kappa shape index (κ1) is 20.2. The van der Waals surface area contributed by atoms with Crippen molar-refractivity contribution in [3.63, 3.8) is 0 Å². The number of fused-ring (bicyclic) bond motifs is 2. The largest absolute Gasteiger partial charge is 0.490 e. The topological polar surface area (TPSA) is 68.5 Å². The molecule has 0 saturated carbocycles. The summed E-state index contributed by atoms with van der Waals surface area (Å²) in [6.07, 6.45) is 1.72. The Morgan fingerprint density at radius 2 is 2.03 bits per heavy atom. The minimum atomic E-state index is -0.273. The van der Waals surface area contributed by atoms with Gasteiger partial charge in [0, 0.05) is 11.6 Å². The van der Waals surface area contributed by atoms with Gasteiger partial charge in [-0.15, -0.1) is 0 Å². The first-order chi connectivity index (χ1) is 15.6. The maximum Gasteiger partial charge on any atom is 0.296 e. The molecule has 5 aromatic rings. The van der Waals surface area contributed by atoms with E-state index in [0.717, 1.165) is 26.9 Å². The van der Waals surface area contributed by atoms with E-state index in [1.807, 2.05) is 62.4 Å². The number of furan rings is 1. The second-order valence-corrected chi connectivity index (χ2v) is 8.41. The average Bonchev–Trinajstić information content (AvgIpc) is 3.42. The second kappa shape index (κ2) is 8.43. The molecule has 0 saturated heterocycles. The van der Waals surface area contributed by atoms with Crippen LogP contribution in [-0.2, 0) is 6.54 Å². The van der Waals surface area contributed by atoms with Crippen molar-refractivity contribution in [3.05, 3.63) is 83.9 Å². The molecular formula is C25H21N3O3S. The Labute approximate surface area is 189 Å². The Kier molecular flexibility index (Phi) is 5.33. The molecule has 7 heteroatoms. The van der Waals surface area contributed by atoms with E-state index in [4.69, 9.17) is 14.1 Å². The molecule has 32 heavy (non-hydrogen) atoms. The van der Waals surface area contributed by atoms with E-state index in [-0.39, 0.29) is 18.2 Å². The number of rotatable bonds is 6. The minimum absolute atomic E-state index is 0.235. The van der Waals surface area contributed by atoms with E-state index in [0.29, 0.717) is 23.1 Å². The van der Waals surface area contributed by atoms with E-state index in [2.05, 4.69) is 11.1 Å². The predicted octanol–water partition coefficient (Wildman–Crippen LogP) is 5.99. The number of benzene rings is 2. The summed E-state index contributed by atoms with van der Waals surface area (Å²) in [5, 5.41) is 1.42. The Morgan fingerprint density at radius 1 is 1.12 bits per heavy atom. The van der Waals surface area contributed by atoms with Crippen LogP contribution >= 0.6 is 11.3 Å². The van der Waals surface area contributed by atoms with Crippen molar-refractivity contribution in [3.8, 4) is 5.75 Å². The fourth-order valence-electron chi connectivity index (χ4n) is 3.56. The highest BCUT2D eigenvalue weighted by atomic mass is 32.1. The molecular weight excluding hydrogens is 422 g/mol. The highest BCUT2D eigenvalue weighted by Gasteiger charge is 2.26. The summed E-state index contributed by atoms with van der Waals surface area (Å²) in [7, 11) is 0. The van der Waals surface area contributed by atoms with E-state index in [1.165, 1.54) is 11.3 Å². The summed E-state index contributed by atoms with van der Waals surface area (Å²) < 4.78 is 12.7. The van der Waals surface area contributed by atoms with Gasteiger partial charge in [-0.2, -0.15) is 0 Å². The zero-order chi connectivity index (χ0) is 22.1. The van der Waals surface area contributed by atoms with Gasteiger partial charge in [-0.3, -0.25) is 14.7 Å². The van der Waals surface area contributed by atoms with Gasteiger partial charge in [0.05, 0.1) is 29.1 Å². The molecule has 0 aliphatic rings. The average molecular weight is 444 g/mol. The standard InChI is InChI=1S/C25H21N3O3S/c1-3-30-20-9-6-7-17-14-21(31-23(17)20)24(29)28(15-18-8-4-5-12-26-18)25-27-19-11-10-16(2)13-22(19)32-25/h4-14H,3,15H2,1-2H3. The molecule has 3 aromatic heterocycles. The summed E-state index contributed by atoms with van der Waals surface area (Å²) in [6, 6.07) is 19.1. The number of ether oxygens (including phenoxy) is 1. The fourth-order valence-corrected chi connectivity index (χ4v) is 4.62. The molecule has 3 heterocycles. The molecule has 0 spiro atoms. The third-order valence-corrected chi connectivity index (χ3v) is 6.11. The van der Waals surface area contributed by atoms with Crippen molar-refractivity contribution in [1.29, 1.82) is 0 Å². The van der Waals surface area contributed by atoms with Gasteiger partial charge in [0.25, 0.3) is 5.91 Å². The van der Waals surface area contributed by atoms with Gasteiger partial charge in [0.2, 0.25) is 0 Å². The molecule has 0 unspecified atom stereocenters. The monoisotopic (exact) mass is 443 g/mol. The van der Waals surface area contributed by atoms with E-state index in [1.54, 1.807) is 17.2 Å².